The Labute approximate surface area is 115 Å². The summed E-state index contributed by atoms with van der Waals surface area (Å²) in [7, 11) is 0. The number of carbonyl (C=O) groups is 3. The number of amides is 3. The fourth-order valence-corrected chi connectivity index (χ4v) is 2.78. The van der Waals surface area contributed by atoms with E-state index < -0.39 is 6.09 Å². The van der Waals surface area contributed by atoms with Crippen molar-refractivity contribution < 1.29 is 19.5 Å². The lowest BCUT2D eigenvalue weighted by Crippen LogP contribution is -2.51. The second kappa shape index (κ2) is 4.63. The van der Waals surface area contributed by atoms with E-state index >= 15 is 0 Å². The van der Waals surface area contributed by atoms with Gasteiger partial charge in [0.25, 0.3) is 11.8 Å². The molecule has 2 atom stereocenters. The summed E-state index contributed by atoms with van der Waals surface area (Å²) in [6.07, 6.45) is 0.500. The number of carbonyl (C=O) groups excluding carboxylic acids is 2. The van der Waals surface area contributed by atoms with Gasteiger partial charge in [0, 0.05) is 12.6 Å². The molecule has 0 radical (unpaired) electrons. The Morgan fingerprint density at radius 1 is 1.20 bits per heavy atom. The van der Waals surface area contributed by atoms with E-state index in [1.807, 2.05) is 0 Å². The number of fused-ring (bicyclic) bond motifs is 1. The minimum atomic E-state index is -1.07. The van der Waals surface area contributed by atoms with Crippen molar-refractivity contribution in [2.75, 3.05) is 6.54 Å². The first-order valence-corrected chi connectivity index (χ1v) is 6.52. The van der Waals surface area contributed by atoms with E-state index in [-0.39, 0.29) is 30.3 Å². The normalized spacial score (nSPS) is 24.3. The quantitative estimate of drug-likeness (QED) is 0.814. The molecule has 2 N–H and O–H groups in total. The Balaban J connectivity index is 1.72. The van der Waals surface area contributed by atoms with E-state index in [0.29, 0.717) is 11.1 Å². The largest absolute Gasteiger partial charge is 0.465 e. The van der Waals surface area contributed by atoms with Gasteiger partial charge in [-0.25, -0.2) is 4.79 Å². The lowest BCUT2D eigenvalue weighted by atomic mass is 9.79. The molecule has 0 bridgehead atoms. The first kappa shape index (κ1) is 12.7. The van der Waals surface area contributed by atoms with Crippen LogP contribution in [0, 0.1) is 5.92 Å². The standard InChI is InChI=1S/C14H14N2O4/c17-12-9-3-1-2-4-10(9)13(18)16(12)7-8-5-6-11(8)15-14(19)20/h1-4,8,11,15H,5-7H2,(H,19,20)/t8-,11+/m1/s1. The molecule has 0 saturated heterocycles. The minimum absolute atomic E-state index is 0.00770. The van der Waals surface area contributed by atoms with Crippen LogP contribution in [0.3, 0.4) is 0 Å². The number of benzene rings is 1. The number of nitrogens with one attached hydrogen (secondary N) is 1. The molecule has 1 aromatic carbocycles. The number of imide groups is 1. The van der Waals surface area contributed by atoms with Gasteiger partial charge in [0.15, 0.2) is 0 Å². The summed E-state index contributed by atoms with van der Waals surface area (Å²) in [4.78, 5) is 36.2. The molecular formula is C14H14N2O4. The third-order valence-corrected chi connectivity index (χ3v) is 4.02. The molecule has 3 rings (SSSR count). The van der Waals surface area contributed by atoms with Crippen LogP contribution in [0.25, 0.3) is 0 Å². The lowest BCUT2D eigenvalue weighted by Gasteiger charge is -2.38. The fourth-order valence-electron chi connectivity index (χ4n) is 2.78. The number of nitrogens with zero attached hydrogens (tertiary/aromatic N) is 1. The lowest BCUT2D eigenvalue weighted by molar-refractivity contribution is 0.0572. The van der Waals surface area contributed by atoms with E-state index in [0.717, 1.165) is 12.8 Å². The Morgan fingerprint density at radius 2 is 1.80 bits per heavy atom. The van der Waals surface area contributed by atoms with Gasteiger partial charge in [0.1, 0.15) is 0 Å². The molecule has 1 aliphatic carbocycles. The monoisotopic (exact) mass is 274 g/mol. The van der Waals surface area contributed by atoms with Crippen LogP contribution in [-0.2, 0) is 0 Å². The van der Waals surface area contributed by atoms with Gasteiger partial charge in [0.05, 0.1) is 11.1 Å². The first-order chi connectivity index (χ1) is 9.58. The van der Waals surface area contributed by atoms with Crippen molar-refractivity contribution in [3.8, 4) is 0 Å². The molecule has 1 heterocycles. The third-order valence-electron chi connectivity index (χ3n) is 4.02. The highest BCUT2D eigenvalue weighted by Gasteiger charge is 2.40. The Kier molecular flexibility index (Phi) is 2.93. The van der Waals surface area contributed by atoms with Gasteiger partial charge in [0.2, 0.25) is 0 Å². The van der Waals surface area contributed by atoms with E-state index in [1.165, 1.54) is 4.90 Å². The van der Waals surface area contributed by atoms with Crippen molar-refractivity contribution >= 4 is 17.9 Å². The van der Waals surface area contributed by atoms with Crippen LogP contribution in [0.4, 0.5) is 4.79 Å². The molecule has 1 aliphatic heterocycles. The third kappa shape index (κ3) is 1.93. The van der Waals surface area contributed by atoms with Crippen molar-refractivity contribution in [1.29, 1.82) is 0 Å². The average molecular weight is 274 g/mol. The maximum absolute atomic E-state index is 12.2. The second-order valence-corrected chi connectivity index (χ2v) is 5.16. The average Bonchev–Trinajstić information content (AvgIpc) is 2.65. The fraction of sp³-hybridized carbons (Fsp3) is 0.357. The van der Waals surface area contributed by atoms with Gasteiger partial charge >= 0.3 is 6.09 Å². The van der Waals surface area contributed by atoms with Gasteiger partial charge in [-0.15, -0.1) is 0 Å². The highest BCUT2D eigenvalue weighted by Crippen LogP contribution is 2.31. The summed E-state index contributed by atoms with van der Waals surface area (Å²) >= 11 is 0. The first-order valence-electron chi connectivity index (χ1n) is 6.52. The Hall–Kier alpha value is -2.37. The molecule has 1 aromatic rings. The van der Waals surface area contributed by atoms with Gasteiger partial charge in [-0.1, -0.05) is 12.1 Å². The number of hydrogen-bond donors (Lipinski definition) is 2. The summed E-state index contributed by atoms with van der Waals surface area (Å²) in [5.41, 5.74) is 0.860. The zero-order valence-corrected chi connectivity index (χ0v) is 10.7. The molecule has 1 saturated carbocycles. The van der Waals surface area contributed by atoms with Crippen LogP contribution in [0.2, 0.25) is 0 Å². The van der Waals surface area contributed by atoms with Crippen LogP contribution in [0.1, 0.15) is 33.6 Å². The summed E-state index contributed by atoms with van der Waals surface area (Å²) in [5.74, 6) is -0.563. The summed E-state index contributed by atoms with van der Waals surface area (Å²) in [6.45, 7) is 0.275. The predicted octanol–water partition coefficient (Wildman–Crippen LogP) is 1.33. The summed E-state index contributed by atoms with van der Waals surface area (Å²) in [6, 6.07) is 6.57. The van der Waals surface area contributed by atoms with Crippen molar-refractivity contribution in [3.05, 3.63) is 35.4 Å². The molecule has 0 spiro atoms. The SMILES string of the molecule is O=C(O)N[C@H]1CC[C@@H]1CN1C(=O)c2ccccc2C1=O. The number of hydrogen-bond acceptors (Lipinski definition) is 3. The zero-order valence-electron chi connectivity index (χ0n) is 10.7. The molecule has 0 unspecified atom stereocenters. The van der Waals surface area contributed by atoms with Crippen molar-refractivity contribution in [3.63, 3.8) is 0 Å². The highest BCUT2D eigenvalue weighted by molar-refractivity contribution is 6.21. The topological polar surface area (TPSA) is 86.7 Å². The van der Waals surface area contributed by atoms with Crippen LogP contribution in [-0.4, -0.2) is 40.5 Å². The van der Waals surface area contributed by atoms with Crippen molar-refractivity contribution in [1.82, 2.24) is 10.2 Å². The van der Waals surface area contributed by atoms with Crippen LogP contribution < -0.4 is 5.32 Å². The number of rotatable bonds is 3. The molecular weight excluding hydrogens is 260 g/mol. The molecule has 0 aromatic heterocycles. The summed E-state index contributed by atoms with van der Waals surface area (Å²) in [5, 5.41) is 11.1. The van der Waals surface area contributed by atoms with E-state index in [4.69, 9.17) is 5.11 Å². The zero-order chi connectivity index (χ0) is 14.3. The molecule has 1 fully saturated rings. The molecule has 2 aliphatic rings. The van der Waals surface area contributed by atoms with Crippen molar-refractivity contribution in [2.45, 2.75) is 18.9 Å². The Bertz CT molecular complexity index is 564. The van der Waals surface area contributed by atoms with Gasteiger partial charge < -0.3 is 10.4 Å². The summed E-state index contributed by atoms with van der Waals surface area (Å²) < 4.78 is 0. The van der Waals surface area contributed by atoms with Gasteiger partial charge in [-0.2, -0.15) is 0 Å². The van der Waals surface area contributed by atoms with Gasteiger partial charge in [-0.3, -0.25) is 14.5 Å². The maximum atomic E-state index is 12.2. The van der Waals surface area contributed by atoms with Crippen molar-refractivity contribution in [2.24, 2.45) is 5.92 Å². The van der Waals surface area contributed by atoms with E-state index in [2.05, 4.69) is 5.32 Å². The van der Waals surface area contributed by atoms with E-state index in [1.54, 1.807) is 24.3 Å². The molecule has 6 nitrogen and oxygen atoms in total. The Morgan fingerprint density at radius 3 is 2.25 bits per heavy atom. The van der Waals surface area contributed by atoms with Gasteiger partial charge in [-0.05, 0) is 30.9 Å². The van der Waals surface area contributed by atoms with Crippen LogP contribution in [0.5, 0.6) is 0 Å². The molecule has 20 heavy (non-hydrogen) atoms. The number of carboxylic acid groups (broad SMARTS) is 1. The second-order valence-electron chi connectivity index (χ2n) is 5.16. The van der Waals surface area contributed by atoms with Crippen LogP contribution in [0.15, 0.2) is 24.3 Å². The molecule has 6 heteroatoms. The predicted molar refractivity (Wildman–Crippen MR) is 69.5 cm³/mol. The maximum Gasteiger partial charge on any atom is 0.404 e. The van der Waals surface area contributed by atoms with E-state index in [9.17, 15) is 14.4 Å². The molecule has 104 valence electrons. The minimum Gasteiger partial charge on any atom is -0.465 e. The van der Waals surface area contributed by atoms with Crippen LogP contribution >= 0.6 is 0 Å². The molecule has 3 amide bonds. The smallest absolute Gasteiger partial charge is 0.404 e. The highest BCUT2D eigenvalue weighted by atomic mass is 16.4.